The summed E-state index contributed by atoms with van der Waals surface area (Å²) in [5.41, 5.74) is 2.13. The highest BCUT2D eigenvalue weighted by Gasteiger charge is 2.18. The lowest BCUT2D eigenvalue weighted by molar-refractivity contribution is 0.603. The number of rotatable bonds is 6. The van der Waals surface area contributed by atoms with E-state index in [2.05, 4.69) is 15.1 Å². The van der Waals surface area contributed by atoms with Gasteiger partial charge < -0.3 is 5.32 Å². The van der Waals surface area contributed by atoms with Crippen molar-refractivity contribution in [1.82, 2.24) is 15.1 Å². The maximum atomic E-state index is 12.3. The number of hydrogen-bond acceptors (Lipinski definition) is 5. The van der Waals surface area contributed by atoms with Crippen LogP contribution < -0.4 is 10.0 Å². The molecular formula is C12H18N4O2S2. The fourth-order valence-electron chi connectivity index (χ4n) is 1.75. The van der Waals surface area contributed by atoms with Gasteiger partial charge in [-0.2, -0.15) is 5.10 Å². The minimum absolute atomic E-state index is 0.314. The van der Waals surface area contributed by atoms with E-state index in [1.165, 1.54) is 11.3 Å². The summed E-state index contributed by atoms with van der Waals surface area (Å²) in [4.78, 5) is 0. The Morgan fingerprint density at radius 2 is 2.20 bits per heavy atom. The molecule has 0 fully saturated rings. The van der Waals surface area contributed by atoms with Gasteiger partial charge in [-0.15, -0.1) is 11.3 Å². The van der Waals surface area contributed by atoms with Crippen LogP contribution in [0.4, 0.5) is 5.69 Å². The van der Waals surface area contributed by atoms with Crippen LogP contribution in [-0.4, -0.2) is 24.7 Å². The van der Waals surface area contributed by atoms with Gasteiger partial charge in [-0.05, 0) is 30.5 Å². The summed E-state index contributed by atoms with van der Waals surface area (Å²) in [6.07, 6.45) is 1.65. The molecule has 0 saturated heterocycles. The van der Waals surface area contributed by atoms with Gasteiger partial charge in [-0.1, -0.05) is 6.92 Å². The smallest absolute Gasteiger partial charge is 0.271 e. The summed E-state index contributed by atoms with van der Waals surface area (Å²) in [7, 11) is -1.78. The molecule has 2 heterocycles. The van der Waals surface area contributed by atoms with E-state index >= 15 is 0 Å². The Kier molecular flexibility index (Phi) is 4.46. The number of aromatic nitrogens is 2. The van der Waals surface area contributed by atoms with E-state index in [0.717, 1.165) is 12.1 Å². The van der Waals surface area contributed by atoms with Gasteiger partial charge in [0.25, 0.3) is 10.0 Å². The van der Waals surface area contributed by atoms with Crippen LogP contribution >= 0.6 is 11.3 Å². The molecule has 2 rings (SSSR count). The van der Waals surface area contributed by atoms with Gasteiger partial charge in [0, 0.05) is 19.8 Å². The molecule has 0 spiro atoms. The SMILES string of the molecule is CCNCc1csc(S(=O)(=O)Nc2cn(C)nc2C)c1. The van der Waals surface area contributed by atoms with Crippen molar-refractivity contribution in [3.8, 4) is 0 Å². The Bertz CT molecular complexity index is 688. The number of hydrogen-bond donors (Lipinski definition) is 2. The van der Waals surface area contributed by atoms with Gasteiger partial charge >= 0.3 is 0 Å². The van der Waals surface area contributed by atoms with Crippen LogP contribution in [0.15, 0.2) is 21.9 Å². The van der Waals surface area contributed by atoms with Crippen LogP contribution in [0.2, 0.25) is 0 Å². The molecule has 0 atom stereocenters. The summed E-state index contributed by atoms with van der Waals surface area (Å²) in [6.45, 7) is 5.30. The van der Waals surface area contributed by atoms with Crippen molar-refractivity contribution in [2.45, 2.75) is 24.6 Å². The average molecular weight is 314 g/mol. The van der Waals surface area contributed by atoms with E-state index in [1.807, 2.05) is 12.3 Å². The molecule has 2 aromatic rings. The fraction of sp³-hybridized carbons (Fsp3) is 0.417. The third-order valence-electron chi connectivity index (χ3n) is 2.73. The van der Waals surface area contributed by atoms with Crippen molar-refractivity contribution in [1.29, 1.82) is 0 Å². The van der Waals surface area contributed by atoms with E-state index in [9.17, 15) is 8.42 Å². The Hall–Kier alpha value is -1.38. The predicted molar refractivity (Wildman–Crippen MR) is 80.5 cm³/mol. The fourth-order valence-corrected chi connectivity index (χ4v) is 4.06. The van der Waals surface area contributed by atoms with Crippen molar-refractivity contribution < 1.29 is 8.42 Å². The number of sulfonamides is 1. The zero-order valence-electron chi connectivity index (χ0n) is 11.7. The summed E-state index contributed by atoms with van der Waals surface area (Å²) in [5, 5.41) is 9.14. The molecule has 0 bridgehead atoms. The predicted octanol–water partition coefficient (Wildman–Crippen LogP) is 1.70. The standard InChI is InChI=1S/C12H18N4O2S2/c1-4-13-6-10-5-12(19-8-10)20(17,18)15-11-7-16(3)14-9(11)2/h5,7-8,13,15H,4,6H2,1-3H3. The van der Waals surface area contributed by atoms with Crippen molar-refractivity contribution in [3.63, 3.8) is 0 Å². The first kappa shape index (κ1) is 15.0. The summed E-state index contributed by atoms with van der Waals surface area (Å²) < 4.78 is 29.1. The Morgan fingerprint density at radius 3 is 2.80 bits per heavy atom. The number of aryl methyl sites for hydroxylation is 2. The minimum Gasteiger partial charge on any atom is -0.313 e. The molecule has 2 aromatic heterocycles. The second-order valence-electron chi connectivity index (χ2n) is 4.46. The maximum absolute atomic E-state index is 12.3. The molecule has 8 heteroatoms. The van der Waals surface area contributed by atoms with Crippen LogP contribution in [0.5, 0.6) is 0 Å². The van der Waals surface area contributed by atoms with E-state index in [-0.39, 0.29) is 0 Å². The molecule has 0 aliphatic heterocycles. The average Bonchev–Trinajstić information content (AvgIpc) is 2.94. The van der Waals surface area contributed by atoms with Gasteiger partial charge in [0.1, 0.15) is 4.21 Å². The number of nitrogens with one attached hydrogen (secondary N) is 2. The summed E-state index contributed by atoms with van der Waals surface area (Å²) in [5.74, 6) is 0. The molecule has 20 heavy (non-hydrogen) atoms. The quantitative estimate of drug-likeness (QED) is 0.851. The Balaban J connectivity index is 2.18. The maximum Gasteiger partial charge on any atom is 0.271 e. The Labute approximate surface area is 122 Å². The number of nitrogens with zero attached hydrogens (tertiary/aromatic N) is 2. The highest BCUT2D eigenvalue weighted by molar-refractivity contribution is 7.94. The molecule has 110 valence electrons. The minimum atomic E-state index is -3.54. The molecule has 0 aliphatic carbocycles. The lowest BCUT2D eigenvalue weighted by Gasteiger charge is -2.04. The largest absolute Gasteiger partial charge is 0.313 e. The molecule has 2 N–H and O–H groups in total. The highest BCUT2D eigenvalue weighted by atomic mass is 32.2. The van der Waals surface area contributed by atoms with Gasteiger partial charge in [-0.3, -0.25) is 9.40 Å². The lowest BCUT2D eigenvalue weighted by atomic mass is 10.3. The third kappa shape index (κ3) is 3.38. The monoisotopic (exact) mass is 314 g/mol. The number of anilines is 1. The van der Waals surface area contributed by atoms with Crippen molar-refractivity contribution in [2.75, 3.05) is 11.3 Å². The van der Waals surface area contributed by atoms with Gasteiger partial charge in [0.15, 0.2) is 0 Å². The van der Waals surface area contributed by atoms with E-state index in [4.69, 9.17) is 0 Å². The van der Waals surface area contributed by atoms with Crippen molar-refractivity contribution in [2.24, 2.45) is 7.05 Å². The third-order valence-corrected chi connectivity index (χ3v) is 5.59. The molecule has 0 saturated carbocycles. The number of thiophene rings is 1. The molecule has 0 unspecified atom stereocenters. The van der Waals surface area contributed by atoms with Gasteiger partial charge in [0.2, 0.25) is 0 Å². The second-order valence-corrected chi connectivity index (χ2v) is 7.28. The van der Waals surface area contributed by atoms with Crippen LogP contribution in [0.1, 0.15) is 18.2 Å². The van der Waals surface area contributed by atoms with Crippen molar-refractivity contribution in [3.05, 3.63) is 28.9 Å². The summed E-state index contributed by atoms with van der Waals surface area (Å²) in [6, 6.07) is 1.70. The van der Waals surface area contributed by atoms with Crippen molar-refractivity contribution >= 4 is 27.0 Å². The zero-order chi connectivity index (χ0) is 14.8. The first-order chi connectivity index (χ1) is 9.42. The van der Waals surface area contributed by atoms with Crippen LogP contribution in [0.25, 0.3) is 0 Å². The highest BCUT2D eigenvalue weighted by Crippen LogP contribution is 2.24. The first-order valence-electron chi connectivity index (χ1n) is 6.23. The molecule has 0 radical (unpaired) electrons. The normalized spacial score (nSPS) is 11.8. The van der Waals surface area contributed by atoms with Crippen LogP contribution in [0.3, 0.4) is 0 Å². The van der Waals surface area contributed by atoms with E-state index < -0.39 is 10.0 Å². The molecule has 0 aromatic carbocycles. The molecular weight excluding hydrogens is 296 g/mol. The summed E-state index contributed by atoms with van der Waals surface area (Å²) >= 11 is 1.22. The van der Waals surface area contributed by atoms with Gasteiger partial charge in [-0.25, -0.2) is 8.42 Å². The van der Waals surface area contributed by atoms with E-state index in [0.29, 0.717) is 22.1 Å². The molecule has 0 amide bonds. The van der Waals surface area contributed by atoms with Crippen LogP contribution in [-0.2, 0) is 23.6 Å². The zero-order valence-corrected chi connectivity index (χ0v) is 13.3. The molecule has 0 aliphatic rings. The molecule has 6 nitrogen and oxygen atoms in total. The first-order valence-corrected chi connectivity index (χ1v) is 8.60. The topological polar surface area (TPSA) is 76.0 Å². The van der Waals surface area contributed by atoms with E-state index in [1.54, 1.807) is 30.9 Å². The Morgan fingerprint density at radius 1 is 1.45 bits per heavy atom. The van der Waals surface area contributed by atoms with Crippen LogP contribution in [0, 0.1) is 6.92 Å². The lowest BCUT2D eigenvalue weighted by Crippen LogP contribution is -2.12. The van der Waals surface area contributed by atoms with Gasteiger partial charge in [0.05, 0.1) is 11.4 Å². The second kappa shape index (κ2) is 5.94.